The molecule has 108 valence electrons. The van der Waals surface area contributed by atoms with E-state index in [4.69, 9.17) is 23.2 Å². The highest BCUT2D eigenvalue weighted by atomic mass is 79.9. The Bertz CT molecular complexity index is 720. The molecule has 0 atom stereocenters. The minimum absolute atomic E-state index is 0.0175. The summed E-state index contributed by atoms with van der Waals surface area (Å²) in [5, 5.41) is 11.7. The summed E-state index contributed by atoms with van der Waals surface area (Å²) in [6, 6.07) is 5.88. The first-order valence-electron chi connectivity index (χ1n) is 5.54. The molecule has 0 spiro atoms. The molecule has 0 radical (unpaired) electrons. The fourth-order valence-corrected chi connectivity index (χ4v) is 2.26. The normalized spacial score (nSPS) is 10.2. The SMILES string of the molecule is O=C(Nc1c(Cl)ccc(Cl)c1C(=O)O)c1ccc(Br)nc1. The number of aromatic nitrogens is 1. The number of amides is 1. The van der Waals surface area contributed by atoms with Crippen LogP contribution < -0.4 is 5.32 Å². The number of carboxylic acid groups (broad SMARTS) is 1. The van der Waals surface area contributed by atoms with Crippen molar-refractivity contribution in [2.75, 3.05) is 5.32 Å². The van der Waals surface area contributed by atoms with E-state index in [2.05, 4.69) is 26.2 Å². The first-order chi connectivity index (χ1) is 9.90. The van der Waals surface area contributed by atoms with E-state index in [1.54, 1.807) is 6.07 Å². The Labute approximate surface area is 138 Å². The average molecular weight is 390 g/mol. The number of halogens is 3. The van der Waals surface area contributed by atoms with Gasteiger partial charge in [0.2, 0.25) is 0 Å². The summed E-state index contributed by atoms with van der Waals surface area (Å²) in [6.45, 7) is 0. The molecule has 1 aromatic heterocycles. The number of rotatable bonds is 3. The molecule has 0 aliphatic rings. The van der Waals surface area contributed by atoms with Gasteiger partial charge in [0.25, 0.3) is 5.91 Å². The molecule has 5 nitrogen and oxygen atoms in total. The first kappa shape index (κ1) is 15.8. The number of anilines is 1. The molecule has 0 fully saturated rings. The zero-order valence-electron chi connectivity index (χ0n) is 10.2. The van der Waals surface area contributed by atoms with Crippen LogP contribution in [0.3, 0.4) is 0 Å². The van der Waals surface area contributed by atoms with Crippen LogP contribution in [0.2, 0.25) is 10.0 Å². The van der Waals surface area contributed by atoms with Gasteiger partial charge in [0, 0.05) is 6.20 Å². The van der Waals surface area contributed by atoms with Gasteiger partial charge in [-0.1, -0.05) is 23.2 Å². The van der Waals surface area contributed by atoms with E-state index in [1.807, 2.05) is 0 Å². The monoisotopic (exact) mass is 388 g/mol. The minimum Gasteiger partial charge on any atom is -0.478 e. The number of carbonyl (C=O) groups is 2. The largest absolute Gasteiger partial charge is 0.478 e. The topological polar surface area (TPSA) is 79.3 Å². The van der Waals surface area contributed by atoms with Gasteiger partial charge in [-0.15, -0.1) is 0 Å². The number of pyridine rings is 1. The van der Waals surface area contributed by atoms with Gasteiger partial charge in [-0.3, -0.25) is 4.79 Å². The van der Waals surface area contributed by atoms with E-state index in [0.29, 0.717) is 4.60 Å². The first-order valence-corrected chi connectivity index (χ1v) is 7.09. The molecule has 0 saturated heterocycles. The number of aromatic carboxylic acids is 1. The van der Waals surface area contributed by atoms with Crippen molar-refractivity contribution in [3.8, 4) is 0 Å². The Hall–Kier alpha value is -1.63. The quantitative estimate of drug-likeness (QED) is 0.774. The molecule has 0 saturated carbocycles. The summed E-state index contributed by atoms with van der Waals surface area (Å²) in [6.07, 6.45) is 1.35. The van der Waals surface area contributed by atoms with Crippen LogP contribution in [0.4, 0.5) is 5.69 Å². The Kier molecular flexibility index (Phi) is 4.82. The van der Waals surface area contributed by atoms with Crippen molar-refractivity contribution in [2.24, 2.45) is 0 Å². The van der Waals surface area contributed by atoms with Gasteiger partial charge in [0.1, 0.15) is 10.2 Å². The van der Waals surface area contributed by atoms with Crippen LogP contribution in [0.1, 0.15) is 20.7 Å². The average Bonchev–Trinajstić information content (AvgIpc) is 2.43. The smallest absolute Gasteiger partial charge is 0.339 e. The lowest BCUT2D eigenvalue weighted by atomic mass is 10.1. The number of carbonyl (C=O) groups excluding carboxylic acids is 1. The van der Waals surface area contributed by atoms with Gasteiger partial charge in [0.05, 0.1) is 21.3 Å². The molecule has 0 unspecified atom stereocenters. The van der Waals surface area contributed by atoms with Crippen molar-refractivity contribution in [1.29, 1.82) is 0 Å². The summed E-state index contributed by atoms with van der Waals surface area (Å²) < 4.78 is 0.575. The lowest BCUT2D eigenvalue weighted by Crippen LogP contribution is -2.15. The Morgan fingerprint density at radius 1 is 1.14 bits per heavy atom. The molecule has 1 amide bonds. The Morgan fingerprint density at radius 2 is 1.81 bits per heavy atom. The predicted octanol–water partition coefficient (Wildman–Crippen LogP) is 4.10. The van der Waals surface area contributed by atoms with Crippen molar-refractivity contribution < 1.29 is 14.7 Å². The van der Waals surface area contributed by atoms with Gasteiger partial charge >= 0.3 is 5.97 Å². The molecule has 21 heavy (non-hydrogen) atoms. The molecule has 1 heterocycles. The van der Waals surface area contributed by atoms with Gasteiger partial charge in [-0.05, 0) is 40.2 Å². The van der Waals surface area contributed by atoms with E-state index < -0.39 is 11.9 Å². The van der Waals surface area contributed by atoms with E-state index in [0.717, 1.165) is 0 Å². The van der Waals surface area contributed by atoms with Crippen molar-refractivity contribution >= 4 is 56.7 Å². The summed E-state index contributed by atoms with van der Waals surface area (Å²) in [5.41, 5.74) is -0.0576. The van der Waals surface area contributed by atoms with Crippen LogP contribution in [0.5, 0.6) is 0 Å². The third-order valence-corrected chi connectivity index (χ3v) is 3.64. The van der Waals surface area contributed by atoms with Gasteiger partial charge in [0.15, 0.2) is 0 Å². The van der Waals surface area contributed by atoms with Crippen molar-refractivity contribution in [1.82, 2.24) is 4.98 Å². The molecular weight excluding hydrogens is 383 g/mol. The van der Waals surface area contributed by atoms with Crippen LogP contribution in [-0.2, 0) is 0 Å². The zero-order chi connectivity index (χ0) is 15.6. The Balaban J connectivity index is 2.39. The van der Waals surface area contributed by atoms with E-state index in [9.17, 15) is 14.7 Å². The van der Waals surface area contributed by atoms with Gasteiger partial charge in [-0.25, -0.2) is 9.78 Å². The van der Waals surface area contributed by atoms with Crippen molar-refractivity contribution in [3.63, 3.8) is 0 Å². The number of hydrogen-bond donors (Lipinski definition) is 2. The molecule has 2 N–H and O–H groups in total. The molecule has 0 bridgehead atoms. The second kappa shape index (κ2) is 6.43. The zero-order valence-corrected chi connectivity index (χ0v) is 13.3. The second-order valence-corrected chi connectivity index (χ2v) is 5.53. The lowest BCUT2D eigenvalue weighted by molar-refractivity contribution is 0.0698. The number of hydrogen-bond acceptors (Lipinski definition) is 3. The number of carboxylic acids is 1. The highest BCUT2D eigenvalue weighted by Crippen LogP contribution is 2.32. The molecular formula is C13H7BrCl2N2O3. The van der Waals surface area contributed by atoms with Crippen LogP contribution in [0.25, 0.3) is 0 Å². The molecule has 0 aliphatic heterocycles. The van der Waals surface area contributed by atoms with E-state index in [-0.39, 0.29) is 26.9 Å². The number of benzene rings is 1. The van der Waals surface area contributed by atoms with Crippen LogP contribution in [0.15, 0.2) is 35.1 Å². The molecule has 8 heteroatoms. The number of nitrogens with zero attached hydrogens (tertiary/aromatic N) is 1. The maximum absolute atomic E-state index is 12.1. The summed E-state index contributed by atoms with van der Waals surface area (Å²) in [7, 11) is 0. The van der Waals surface area contributed by atoms with Crippen LogP contribution in [-0.4, -0.2) is 22.0 Å². The molecule has 2 aromatic rings. The summed E-state index contributed by atoms with van der Waals surface area (Å²) in [5.74, 6) is -1.83. The number of nitrogens with one attached hydrogen (secondary N) is 1. The third-order valence-electron chi connectivity index (χ3n) is 2.55. The lowest BCUT2D eigenvalue weighted by Gasteiger charge is -2.11. The summed E-state index contributed by atoms with van der Waals surface area (Å²) in [4.78, 5) is 27.3. The molecule has 0 aliphatic carbocycles. The highest BCUT2D eigenvalue weighted by Gasteiger charge is 2.20. The van der Waals surface area contributed by atoms with Crippen LogP contribution in [0, 0.1) is 0 Å². The maximum atomic E-state index is 12.1. The van der Waals surface area contributed by atoms with Crippen molar-refractivity contribution in [2.45, 2.75) is 0 Å². The fraction of sp³-hybridized carbons (Fsp3) is 0. The van der Waals surface area contributed by atoms with Crippen molar-refractivity contribution in [3.05, 3.63) is 56.2 Å². The van der Waals surface area contributed by atoms with Gasteiger partial charge < -0.3 is 10.4 Å². The minimum atomic E-state index is -1.29. The van der Waals surface area contributed by atoms with Gasteiger partial charge in [-0.2, -0.15) is 0 Å². The predicted molar refractivity (Wildman–Crippen MR) is 83.3 cm³/mol. The molecule has 2 rings (SSSR count). The van der Waals surface area contributed by atoms with E-state index in [1.165, 1.54) is 24.4 Å². The highest BCUT2D eigenvalue weighted by molar-refractivity contribution is 9.10. The second-order valence-electron chi connectivity index (χ2n) is 3.91. The standard InChI is InChI=1S/C13H7BrCl2N2O3/c14-9-4-1-6(5-17-9)12(19)18-11-8(16)3-2-7(15)10(11)13(20)21/h1-5H,(H,18,19)(H,20,21). The maximum Gasteiger partial charge on any atom is 0.339 e. The molecule has 1 aromatic carbocycles. The summed E-state index contributed by atoms with van der Waals surface area (Å²) >= 11 is 14.9. The fourth-order valence-electron chi connectivity index (χ4n) is 1.58. The van der Waals surface area contributed by atoms with E-state index >= 15 is 0 Å². The Morgan fingerprint density at radius 3 is 2.38 bits per heavy atom. The third kappa shape index (κ3) is 3.53. The van der Waals surface area contributed by atoms with Crippen LogP contribution >= 0.6 is 39.1 Å².